The van der Waals surface area contributed by atoms with E-state index in [9.17, 15) is 13.2 Å². The molecule has 1 aromatic rings. The van der Waals surface area contributed by atoms with Crippen molar-refractivity contribution >= 4 is 0 Å². The maximum atomic E-state index is 13.6. The van der Waals surface area contributed by atoms with E-state index >= 15 is 0 Å². The SMILES string of the molecule is COc1nn(C(C)(C)C)c(F)c1C(F)F. The molecule has 0 saturated carbocycles. The summed E-state index contributed by atoms with van der Waals surface area (Å²) in [5, 5.41) is 3.66. The first-order chi connectivity index (χ1) is 6.79. The summed E-state index contributed by atoms with van der Waals surface area (Å²) >= 11 is 0. The van der Waals surface area contributed by atoms with E-state index < -0.39 is 23.5 Å². The number of halogens is 3. The molecule has 0 radical (unpaired) electrons. The summed E-state index contributed by atoms with van der Waals surface area (Å²) < 4.78 is 44.1. The molecule has 0 aliphatic heterocycles. The van der Waals surface area contributed by atoms with Gasteiger partial charge in [-0.3, -0.25) is 0 Å². The summed E-state index contributed by atoms with van der Waals surface area (Å²) in [6.45, 7) is 4.99. The van der Waals surface area contributed by atoms with Crippen LogP contribution in [0.5, 0.6) is 5.88 Å². The topological polar surface area (TPSA) is 27.1 Å². The second-order valence-electron chi connectivity index (χ2n) is 4.10. The lowest BCUT2D eigenvalue weighted by molar-refractivity contribution is 0.140. The smallest absolute Gasteiger partial charge is 0.273 e. The maximum Gasteiger partial charge on any atom is 0.273 e. The van der Waals surface area contributed by atoms with Crippen molar-refractivity contribution in [1.29, 1.82) is 0 Å². The van der Waals surface area contributed by atoms with Crippen molar-refractivity contribution in [2.45, 2.75) is 32.7 Å². The summed E-state index contributed by atoms with van der Waals surface area (Å²) in [5.74, 6) is -1.41. The molecule has 6 heteroatoms. The molecule has 0 atom stereocenters. The highest BCUT2D eigenvalue weighted by atomic mass is 19.3. The lowest BCUT2D eigenvalue weighted by Crippen LogP contribution is -2.25. The Labute approximate surface area is 85.8 Å². The Morgan fingerprint density at radius 3 is 2.13 bits per heavy atom. The first kappa shape index (κ1) is 11.9. The minimum Gasteiger partial charge on any atom is -0.480 e. The Bertz CT molecular complexity index is 355. The van der Waals surface area contributed by atoms with Gasteiger partial charge in [0.15, 0.2) is 0 Å². The summed E-state index contributed by atoms with van der Waals surface area (Å²) in [6.07, 6.45) is -2.93. The van der Waals surface area contributed by atoms with Gasteiger partial charge in [0.1, 0.15) is 5.56 Å². The van der Waals surface area contributed by atoms with Crippen molar-refractivity contribution in [2.24, 2.45) is 0 Å². The van der Waals surface area contributed by atoms with Crippen molar-refractivity contribution < 1.29 is 17.9 Å². The zero-order valence-electron chi connectivity index (χ0n) is 9.01. The van der Waals surface area contributed by atoms with E-state index in [1.165, 1.54) is 7.11 Å². The molecule has 0 aliphatic carbocycles. The minimum absolute atomic E-state index is 0.363. The number of methoxy groups -OCH3 is 1. The van der Waals surface area contributed by atoms with Gasteiger partial charge in [0.2, 0.25) is 11.8 Å². The van der Waals surface area contributed by atoms with E-state index in [1.54, 1.807) is 20.8 Å². The predicted molar refractivity (Wildman–Crippen MR) is 48.7 cm³/mol. The zero-order valence-corrected chi connectivity index (χ0v) is 9.01. The number of hydrogen-bond donors (Lipinski definition) is 0. The number of nitrogens with zero attached hydrogens (tertiary/aromatic N) is 2. The van der Waals surface area contributed by atoms with Crippen LogP contribution in [0.25, 0.3) is 0 Å². The third kappa shape index (κ3) is 2.08. The molecule has 1 rings (SSSR count). The fourth-order valence-corrected chi connectivity index (χ4v) is 1.17. The van der Waals surface area contributed by atoms with Gasteiger partial charge in [-0.05, 0) is 20.8 Å². The fraction of sp³-hybridized carbons (Fsp3) is 0.667. The van der Waals surface area contributed by atoms with Crippen LogP contribution >= 0.6 is 0 Å². The lowest BCUT2D eigenvalue weighted by atomic mass is 10.1. The Morgan fingerprint density at radius 1 is 1.33 bits per heavy atom. The molecule has 86 valence electrons. The van der Waals surface area contributed by atoms with Gasteiger partial charge in [0, 0.05) is 0 Å². The Kier molecular flexibility index (Phi) is 2.97. The van der Waals surface area contributed by atoms with E-state index in [4.69, 9.17) is 0 Å². The predicted octanol–water partition coefficient (Wildman–Crippen LogP) is 2.72. The highest BCUT2D eigenvalue weighted by Crippen LogP contribution is 2.32. The van der Waals surface area contributed by atoms with Crippen molar-refractivity contribution in [1.82, 2.24) is 9.78 Å². The van der Waals surface area contributed by atoms with Crippen molar-refractivity contribution in [3.8, 4) is 5.88 Å². The summed E-state index contributed by atoms with van der Waals surface area (Å²) in [4.78, 5) is 0. The van der Waals surface area contributed by atoms with Crippen molar-refractivity contribution in [3.05, 3.63) is 11.5 Å². The van der Waals surface area contributed by atoms with Gasteiger partial charge in [0.05, 0.1) is 12.6 Å². The monoisotopic (exact) mass is 222 g/mol. The van der Waals surface area contributed by atoms with E-state index in [0.29, 0.717) is 0 Å². The number of alkyl halides is 2. The molecule has 0 saturated heterocycles. The molecule has 0 aromatic carbocycles. The van der Waals surface area contributed by atoms with E-state index in [-0.39, 0.29) is 5.88 Å². The van der Waals surface area contributed by atoms with Gasteiger partial charge in [-0.15, -0.1) is 5.10 Å². The Balaban J connectivity index is 3.35. The van der Waals surface area contributed by atoms with Crippen LogP contribution in [0.15, 0.2) is 0 Å². The second kappa shape index (κ2) is 3.75. The van der Waals surface area contributed by atoms with Crippen LogP contribution in [0.4, 0.5) is 13.2 Å². The summed E-state index contributed by atoms with van der Waals surface area (Å²) in [5.41, 5.74) is -1.49. The van der Waals surface area contributed by atoms with E-state index in [2.05, 4.69) is 9.84 Å². The molecule has 0 fully saturated rings. The molecule has 0 bridgehead atoms. The number of hydrogen-bond acceptors (Lipinski definition) is 2. The highest BCUT2D eigenvalue weighted by molar-refractivity contribution is 5.26. The fourth-order valence-electron chi connectivity index (χ4n) is 1.17. The molecule has 1 aromatic heterocycles. The highest BCUT2D eigenvalue weighted by Gasteiger charge is 2.30. The van der Waals surface area contributed by atoms with Crippen molar-refractivity contribution in [2.75, 3.05) is 7.11 Å². The standard InChI is InChI=1S/C9H13F3N2O/c1-9(2,3)14-7(12)5(6(10)11)8(13-14)15-4/h6H,1-4H3. The number of rotatable bonds is 2. The first-order valence-electron chi connectivity index (χ1n) is 4.40. The van der Waals surface area contributed by atoms with Gasteiger partial charge in [-0.1, -0.05) is 0 Å². The maximum absolute atomic E-state index is 13.6. The van der Waals surface area contributed by atoms with Crippen LogP contribution in [0.3, 0.4) is 0 Å². The molecule has 0 aliphatic rings. The normalized spacial score (nSPS) is 12.3. The van der Waals surface area contributed by atoms with E-state index in [1.807, 2.05) is 0 Å². The molecule has 0 unspecified atom stereocenters. The van der Waals surface area contributed by atoms with Gasteiger partial charge in [0.25, 0.3) is 6.43 Å². The average molecular weight is 222 g/mol. The zero-order chi connectivity index (χ0) is 11.8. The molecule has 0 N–H and O–H groups in total. The first-order valence-corrected chi connectivity index (χ1v) is 4.40. The molecular formula is C9H13F3N2O. The average Bonchev–Trinajstić information content (AvgIpc) is 2.41. The third-order valence-corrected chi connectivity index (χ3v) is 1.88. The van der Waals surface area contributed by atoms with Gasteiger partial charge >= 0.3 is 0 Å². The van der Waals surface area contributed by atoms with Gasteiger partial charge in [-0.2, -0.15) is 4.39 Å². The van der Waals surface area contributed by atoms with Crippen LogP contribution in [-0.2, 0) is 5.54 Å². The molecule has 3 nitrogen and oxygen atoms in total. The Morgan fingerprint density at radius 2 is 1.87 bits per heavy atom. The van der Waals surface area contributed by atoms with Crippen LogP contribution in [-0.4, -0.2) is 16.9 Å². The Hall–Kier alpha value is -1.20. The second-order valence-corrected chi connectivity index (χ2v) is 4.10. The molecular weight excluding hydrogens is 209 g/mol. The molecule has 0 spiro atoms. The number of ether oxygens (including phenoxy) is 1. The van der Waals surface area contributed by atoms with Crippen molar-refractivity contribution in [3.63, 3.8) is 0 Å². The van der Waals surface area contributed by atoms with Crippen LogP contribution in [0, 0.1) is 5.95 Å². The quantitative estimate of drug-likeness (QED) is 0.769. The molecule has 15 heavy (non-hydrogen) atoms. The van der Waals surface area contributed by atoms with E-state index in [0.717, 1.165) is 4.68 Å². The third-order valence-electron chi connectivity index (χ3n) is 1.88. The lowest BCUT2D eigenvalue weighted by Gasteiger charge is -2.19. The summed E-state index contributed by atoms with van der Waals surface area (Å²) in [6, 6.07) is 0. The van der Waals surface area contributed by atoms with Gasteiger partial charge in [-0.25, -0.2) is 13.5 Å². The molecule has 0 amide bonds. The number of aromatic nitrogens is 2. The summed E-state index contributed by atoms with van der Waals surface area (Å²) in [7, 11) is 1.18. The van der Waals surface area contributed by atoms with Crippen LogP contribution in [0.2, 0.25) is 0 Å². The van der Waals surface area contributed by atoms with Gasteiger partial charge < -0.3 is 4.74 Å². The van der Waals surface area contributed by atoms with Crippen LogP contribution < -0.4 is 4.74 Å². The largest absolute Gasteiger partial charge is 0.480 e. The van der Waals surface area contributed by atoms with Crippen LogP contribution in [0.1, 0.15) is 32.8 Å². The minimum atomic E-state index is -2.93. The molecule has 1 heterocycles.